The molecule has 26 heteroatoms. The van der Waals surface area contributed by atoms with Gasteiger partial charge in [-0.1, -0.05) is 135 Å². The third-order valence-corrected chi connectivity index (χ3v) is 25.5. The number of ether oxygens (including phenoxy) is 6. The van der Waals surface area contributed by atoms with Crippen molar-refractivity contribution < 1.29 is 115 Å². The van der Waals surface area contributed by atoms with Crippen molar-refractivity contribution in [1.82, 2.24) is 4.90 Å². The molecule has 7 aliphatic rings. The maximum Gasteiger partial charge on any atom is 0.425 e. The number of amides is 1. The molecule has 1 aromatic carbocycles. The molecule has 7 saturated carbocycles. The quantitative estimate of drug-likeness (QED) is 0.0543. The number of halogens is 12. The lowest BCUT2D eigenvalue weighted by atomic mass is 9.54. The highest BCUT2D eigenvalue weighted by atomic mass is 19.4. The van der Waals surface area contributed by atoms with E-state index in [0.29, 0.717) is 37.5 Å². The summed E-state index contributed by atoms with van der Waals surface area (Å²) in [6, 6.07) is 9.65. The van der Waals surface area contributed by atoms with E-state index in [1.54, 1.807) is 69.2 Å². The van der Waals surface area contributed by atoms with Gasteiger partial charge in [0, 0.05) is 17.5 Å². The van der Waals surface area contributed by atoms with Gasteiger partial charge in [0.15, 0.2) is 24.9 Å². The molecule has 8 rings (SSSR count). The van der Waals surface area contributed by atoms with E-state index in [9.17, 15) is 86.2 Å². The number of carbonyl (C=O) groups excluding carboxylic acids is 7. The average molecular weight is 1710 g/mol. The van der Waals surface area contributed by atoms with Crippen LogP contribution in [0.1, 0.15) is 361 Å². The van der Waals surface area contributed by atoms with E-state index in [-0.39, 0.29) is 63.3 Å². The first kappa shape index (κ1) is 113. The molecule has 0 saturated heterocycles. The van der Waals surface area contributed by atoms with Crippen LogP contribution in [0, 0.1) is 79.8 Å². The number of rotatable bonds is 24. The van der Waals surface area contributed by atoms with Crippen LogP contribution in [0.4, 0.5) is 52.7 Å². The first-order valence-electron chi connectivity index (χ1n) is 43.3. The minimum absolute atomic E-state index is 0.0251. The molecule has 0 N–H and O–H groups in total. The highest BCUT2D eigenvalue weighted by molar-refractivity contribution is 5.82. The summed E-state index contributed by atoms with van der Waals surface area (Å²) in [6.07, 6.45) is -3.78. The van der Waals surface area contributed by atoms with E-state index in [0.717, 1.165) is 101 Å². The molecule has 7 fully saturated rings. The average Bonchev–Trinajstić information content (AvgIpc) is 1.32. The Bertz CT molecular complexity index is 3130. The van der Waals surface area contributed by atoms with Gasteiger partial charge in [-0.25, -0.2) is 0 Å². The normalized spacial score (nSPS) is 22.8. The van der Waals surface area contributed by atoms with Gasteiger partial charge in [0.25, 0.3) is 0 Å². The Hall–Kier alpha value is -5.33. The number of hydrogen-bond acceptors (Lipinski definition) is 13. The molecule has 690 valence electrons. The SMILES string of the molecule is CCC(C)(C)C(=O)N(C(C)C)C(C)C.CCC(C)(C)C(=O)OC(C)C(F)(F)F.CCC(C)(C)C(=O)OC(C)C(F)(F)F.CCC(C)(C)C(=O)OC12CC3CC(CC(C3)C1)C2.CCC(C)(C)C(=O)OC1CC2CC1C1CCCC21.CCC(C)(C)C(=O)OCC(F)(F)F.CCC(C)C(=O)OC(C)C(F)(F)F.CCC(C)c1ccc(C(C)(C)C)cc1. The van der Waals surface area contributed by atoms with Gasteiger partial charge in [0.05, 0.1) is 33.0 Å². The van der Waals surface area contributed by atoms with Crippen LogP contribution < -0.4 is 0 Å². The van der Waals surface area contributed by atoms with Crippen LogP contribution in [0.3, 0.4) is 0 Å². The molecular formula is C92H155F12NO13. The van der Waals surface area contributed by atoms with Crippen LogP contribution in [0.25, 0.3) is 0 Å². The monoisotopic (exact) mass is 1710 g/mol. The fourth-order valence-corrected chi connectivity index (χ4v) is 14.4. The fraction of sp³-hybridized carbons (Fsp3) is 0.859. The lowest BCUT2D eigenvalue weighted by molar-refractivity contribution is -0.221. The van der Waals surface area contributed by atoms with E-state index >= 15 is 0 Å². The van der Waals surface area contributed by atoms with Crippen LogP contribution in [0.5, 0.6) is 0 Å². The second kappa shape index (κ2) is 46.4. The zero-order chi connectivity index (χ0) is 92.6. The van der Waals surface area contributed by atoms with Crippen LogP contribution >= 0.6 is 0 Å². The highest BCUT2D eigenvalue weighted by Gasteiger charge is 2.57. The van der Waals surface area contributed by atoms with E-state index in [4.69, 9.17) is 9.47 Å². The summed E-state index contributed by atoms with van der Waals surface area (Å²) in [6.45, 7) is 56.5. The lowest BCUT2D eigenvalue weighted by Gasteiger charge is -2.56. The van der Waals surface area contributed by atoms with E-state index in [2.05, 4.69) is 126 Å². The largest absolute Gasteiger partial charge is 0.462 e. The van der Waals surface area contributed by atoms with Gasteiger partial charge in [-0.2, -0.15) is 52.7 Å². The maximum atomic E-state index is 12.4. The highest BCUT2D eigenvalue weighted by Crippen LogP contribution is 2.60. The molecule has 7 aliphatic carbocycles. The van der Waals surface area contributed by atoms with Crippen LogP contribution in [-0.2, 0) is 67.4 Å². The van der Waals surface area contributed by atoms with Crippen molar-refractivity contribution in [2.45, 2.75) is 422 Å². The topological polar surface area (TPSA) is 178 Å². The zero-order valence-corrected chi connectivity index (χ0v) is 77.9. The molecule has 0 spiro atoms. The molecule has 118 heavy (non-hydrogen) atoms. The lowest BCUT2D eigenvalue weighted by Crippen LogP contribution is -2.53. The third kappa shape index (κ3) is 36.6. The van der Waals surface area contributed by atoms with Crippen molar-refractivity contribution >= 4 is 41.7 Å². The van der Waals surface area contributed by atoms with Crippen molar-refractivity contribution in [1.29, 1.82) is 0 Å². The van der Waals surface area contributed by atoms with Crippen molar-refractivity contribution in [3.8, 4) is 0 Å². The number of hydrogen-bond donors (Lipinski definition) is 0. The summed E-state index contributed by atoms with van der Waals surface area (Å²) < 4.78 is 172. The number of alkyl halides is 12. The Balaban J connectivity index is 0.00000133. The number of carbonyl (C=O) groups is 7. The number of esters is 6. The Kier molecular flexibility index (Phi) is 44.3. The maximum absolute atomic E-state index is 12.4. The Morgan fingerprint density at radius 1 is 0.424 bits per heavy atom. The summed E-state index contributed by atoms with van der Waals surface area (Å²) >= 11 is 0. The summed E-state index contributed by atoms with van der Waals surface area (Å²) in [5.74, 6) is 3.23. The number of benzene rings is 1. The van der Waals surface area contributed by atoms with Crippen LogP contribution in [0.2, 0.25) is 0 Å². The molecule has 0 radical (unpaired) electrons. The zero-order valence-electron chi connectivity index (χ0n) is 77.9. The summed E-state index contributed by atoms with van der Waals surface area (Å²) in [7, 11) is 0. The molecule has 1 amide bonds. The van der Waals surface area contributed by atoms with Crippen molar-refractivity contribution in [2.24, 2.45) is 79.8 Å². The molecule has 14 nitrogen and oxygen atoms in total. The smallest absolute Gasteiger partial charge is 0.425 e. The number of nitrogens with zero attached hydrogens (tertiary/aromatic N) is 1. The molecular weight excluding hydrogens is 1550 g/mol. The van der Waals surface area contributed by atoms with Crippen LogP contribution in [0.15, 0.2) is 24.3 Å². The first-order chi connectivity index (χ1) is 53.3. The summed E-state index contributed by atoms with van der Waals surface area (Å²) in [4.78, 5) is 83.1. The molecule has 10 unspecified atom stereocenters. The van der Waals surface area contributed by atoms with Crippen LogP contribution in [-0.4, -0.2) is 120 Å². The van der Waals surface area contributed by atoms with Gasteiger partial charge >= 0.3 is 60.5 Å². The Labute approximate surface area is 701 Å². The minimum atomic E-state index is -4.49. The van der Waals surface area contributed by atoms with E-state index in [1.807, 2.05) is 46.4 Å². The van der Waals surface area contributed by atoms with Gasteiger partial charge in [-0.15, -0.1) is 0 Å². The molecule has 0 aliphatic heterocycles. The van der Waals surface area contributed by atoms with Crippen molar-refractivity contribution in [3.05, 3.63) is 35.4 Å². The second-order valence-corrected chi connectivity index (χ2v) is 39.4. The predicted molar refractivity (Wildman–Crippen MR) is 441 cm³/mol. The number of fused-ring (bicyclic) bond motifs is 5. The first-order valence-corrected chi connectivity index (χ1v) is 43.3. The predicted octanol–water partition coefficient (Wildman–Crippen LogP) is 26.2. The van der Waals surface area contributed by atoms with Gasteiger partial charge < -0.3 is 33.3 Å². The van der Waals surface area contributed by atoms with Crippen molar-refractivity contribution in [2.75, 3.05) is 6.61 Å². The van der Waals surface area contributed by atoms with Crippen molar-refractivity contribution in [3.63, 3.8) is 0 Å². The Morgan fingerprint density at radius 2 is 0.780 bits per heavy atom. The summed E-state index contributed by atoms with van der Waals surface area (Å²) in [5, 5.41) is 0. The Morgan fingerprint density at radius 3 is 1.12 bits per heavy atom. The second-order valence-electron chi connectivity index (χ2n) is 39.4. The standard InChI is InChI=1S/2C16H26O2.C14H22.C12H25NO.2C9H15F3O2.2C8H13F3O2/c1-4-15(2,3)14(17)18-16-8-11-5-12(9-16)7-13(6-11)10-16;1-4-16(2,3)15(17)18-14-9-10-8-13(14)12-7-5-6-11(10)12;1-6-11(2)12-7-9-13(10-8-12)14(3,4)5;1-8-12(6,7)11(14)13(9(2)3)10(4)5;2*1-5-8(3,4)7(13)14-6(2)9(10,11)12;1-4-7(2,3)6(12)13-5-8(9,10)11;1-4-5(2)7(12)13-6(3)8(9,10)11/h11-13H,4-10H2,1-3H3;10-14H,4-9H2,1-3H3;7-11H,6H2,1-5H3;9-10H,8H2,1-7H3;2*6H,5H2,1-4H3;4-5H2,1-3H3;5-6H,4H2,1-3H3. The van der Waals surface area contributed by atoms with Gasteiger partial charge in [0.2, 0.25) is 5.91 Å². The minimum Gasteiger partial charge on any atom is -0.462 e. The molecule has 1 aromatic rings. The van der Waals surface area contributed by atoms with Gasteiger partial charge in [-0.05, 0) is 297 Å². The van der Waals surface area contributed by atoms with Gasteiger partial charge in [0.1, 0.15) is 11.7 Å². The van der Waals surface area contributed by atoms with E-state index in [1.165, 1.54) is 69.4 Å². The fourth-order valence-electron chi connectivity index (χ4n) is 14.4. The molecule has 10 atom stereocenters. The third-order valence-electron chi connectivity index (χ3n) is 25.5. The summed E-state index contributed by atoms with van der Waals surface area (Å²) in [5.41, 5.74) is -0.337. The molecule has 6 bridgehead atoms. The molecule has 0 aromatic heterocycles. The van der Waals surface area contributed by atoms with E-state index < -0.39 is 95.7 Å². The molecule has 0 heterocycles. The van der Waals surface area contributed by atoms with Gasteiger partial charge in [-0.3, -0.25) is 33.6 Å².